The zero-order valence-electron chi connectivity index (χ0n) is 11.4. The summed E-state index contributed by atoms with van der Waals surface area (Å²) in [5.41, 5.74) is 1.99. The van der Waals surface area contributed by atoms with Gasteiger partial charge in [0, 0.05) is 17.6 Å². The molecule has 2 rings (SSSR count). The summed E-state index contributed by atoms with van der Waals surface area (Å²) in [6.45, 7) is 3.51. The largest absolute Gasteiger partial charge is 0.481 e. The Morgan fingerprint density at radius 2 is 2.16 bits per heavy atom. The van der Waals surface area contributed by atoms with Gasteiger partial charge in [0.2, 0.25) is 0 Å². The standard InChI is InChI=1S/C15H20BrNO2/c1-11-4-5-13(16)8-12(11)9-17(2)10-15(14(18)19)6-3-7-15/h4-5,8H,3,6-7,9-10H2,1-2H3,(H,18,19). The molecule has 19 heavy (non-hydrogen) atoms. The molecule has 0 bridgehead atoms. The number of carbonyl (C=O) groups is 1. The summed E-state index contributed by atoms with van der Waals surface area (Å²) in [4.78, 5) is 13.5. The Kier molecular flexibility index (Phi) is 4.31. The molecule has 1 aromatic rings. The molecule has 0 heterocycles. The van der Waals surface area contributed by atoms with Crippen LogP contribution < -0.4 is 0 Å². The summed E-state index contributed by atoms with van der Waals surface area (Å²) in [7, 11) is 2.00. The fourth-order valence-corrected chi connectivity index (χ4v) is 3.13. The second kappa shape index (κ2) is 5.63. The van der Waals surface area contributed by atoms with Gasteiger partial charge in [-0.25, -0.2) is 0 Å². The average molecular weight is 326 g/mol. The molecule has 1 aromatic carbocycles. The maximum absolute atomic E-state index is 11.4. The summed E-state index contributed by atoms with van der Waals surface area (Å²) < 4.78 is 1.07. The van der Waals surface area contributed by atoms with E-state index in [4.69, 9.17) is 0 Å². The third-order valence-corrected chi connectivity index (χ3v) is 4.58. The maximum Gasteiger partial charge on any atom is 0.310 e. The van der Waals surface area contributed by atoms with Crippen molar-refractivity contribution in [3.63, 3.8) is 0 Å². The summed E-state index contributed by atoms with van der Waals surface area (Å²) in [5, 5.41) is 9.36. The van der Waals surface area contributed by atoms with E-state index in [1.807, 2.05) is 13.1 Å². The molecule has 0 aliphatic heterocycles. The van der Waals surface area contributed by atoms with E-state index < -0.39 is 11.4 Å². The number of halogens is 1. The van der Waals surface area contributed by atoms with Crippen LogP contribution in [0.25, 0.3) is 0 Å². The van der Waals surface area contributed by atoms with Crippen molar-refractivity contribution in [1.82, 2.24) is 4.90 Å². The molecule has 0 unspecified atom stereocenters. The molecule has 1 N–H and O–H groups in total. The summed E-state index contributed by atoms with van der Waals surface area (Å²) in [6.07, 6.45) is 2.66. The van der Waals surface area contributed by atoms with Crippen LogP contribution in [0.1, 0.15) is 30.4 Å². The molecule has 1 aliphatic rings. The summed E-state index contributed by atoms with van der Waals surface area (Å²) >= 11 is 3.48. The molecule has 1 fully saturated rings. The van der Waals surface area contributed by atoms with Gasteiger partial charge in [0.1, 0.15) is 0 Å². The Bertz CT molecular complexity index is 483. The number of carboxylic acid groups (broad SMARTS) is 1. The van der Waals surface area contributed by atoms with Gasteiger partial charge in [-0.1, -0.05) is 28.4 Å². The predicted octanol–water partition coefficient (Wildman–Crippen LogP) is 3.44. The van der Waals surface area contributed by atoms with Crippen molar-refractivity contribution < 1.29 is 9.90 Å². The number of aliphatic carboxylic acids is 1. The van der Waals surface area contributed by atoms with E-state index in [2.05, 4.69) is 39.9 Å². The maximum atomic E-state index is 11.4. The van der Waals surface area contributed by atoms with Gasteiger partial charge in [0.15, 0.2) is 0 Å². The van der Waals surface area contributed by atoms with Gasteiger partial charge >= 0.3 is 5.97 Å². The molecule has 0 atom stereocenters. The molecule has 0 radical (unpaired) electrons. The van der Waals surface area contributed by atoms with Gasteiger partial charge in [0.25, 0.3) is 0 Å². The molecular formula is C15H20BrNO2. The van der Waals surface area contributed by atoms with E-state index in [0.29, 0.717) is 6.54 Å². The lowest BCUT2D eigenvalue weighted by molar-refractivity contribution is -0.156. The first-order valence-electron chi connectivity index (χ1n) is 6.60. The van der Waals surface area contributed by atoms with E-state index in [9.17, 15) is 9.90 Å². The first-order valence-corrected chi connectivity index (χ1v) is 7.39. The SMILES string of the molecule is Cc1ccc(Br)cc1CN(C)CC1(C(=O)O)CCC1. The Morgan fingerprint density at radius 3 is 2.68 bits per heavy atom. The van der Waals surface area contributed by atoms with Crippen molar-refractivity contribution in [3.05, 3.63) is 33.8 Å². The quantitative estimate of drug-likeness (QED) is 0.901. The topological polar surface area (TPSA) is 40.5 Å². The van der Waals surface area contributed by atoms with Crippen LogP contribution in [0.2, 0.25) is 0 Å². The van der Waals surface area contributed by atoms with Crippen molar-refractivity contribution in [2.45, 2.75) is 32.7 Å². The second-order valence-corrected chi connectivity index (χ2v) is 6.60. The molecule has 3 nitrogen and oxygen atoms in total. The Balaban J connectivity index is 2.03. The molecule has 0 saturated heterocycles. The number of hydrogen-bond acceptors (Lipinski definition) is 2. The number of rotatable bonds is 5. The van der Waals surface area contributed by atoms with Crippen LogP contribution in [-0.2, 0) is 11.3 Å². The van der Waals surface area contributed by atoms with Gasteiger partial charge in [-0.3, -0.25) is 4.79 Å². The molecule has 0 amide bonds. The van der Waals surface area contributed by atoms with Crippen LogP contribution in [0.5, 0.6) is 0 Å². The fourth-order valence-electron chi connectivity index (χ4n) is 2.72. The van der Waals surface area contributed by atoms with Gasteiger partial charge < -0.3 is 10.0 Å². The molecule has 0 aromatic heterocycles. The first-order chi connectivity index (χ1) is 8.93. The highest BCUT2D eigenvalue weighted by molar-refractivity contribution is 9.10. The highest BCUT2D eigenvalue weighted by Crippen LogP contribution is 2.41. The lowest BCUT2D eigenvalue weighted by Gasteiger charge is -2.40. The molecule has 4 heteroatoms. The Labute approximate surface area is 122 Å². The Morgan fingerprint density at radius 1 is 1.47 bits per heavy atom. The smallest absolute Gasteiger partial charge is 0.310 e. The zero-order valence-corrected chi connectivity index (χ0v) is 13.0. The number of hydrogen-bond donors (Lipinski definition) is 1. The third-order valence-electron chi connectivity index (χ3n) is 4.09. The van der Waals surface area contributed by atoms with Crippen LogP contribution in [-0.4, -0.2) is 29.6 Å². The van der Waals surface area contributed by atoms with Crippen molar-refractivity contribution >= 4 is 21.9 Å². The summed E-state index contributed by atoms with van der Waals surface area (Å²) in [5.74, 6) is -0.642. The van der Waals surface area contributed by atoms with Crippen LogP contribution in [0.3, 0.4) is 0 Å². The highest BCUT2D eigenvalue weighted by atomic mass is 79.9. The van der Waals surface area contributed by atoms with E-state index in [1.54, 1.807) is 0 Å². The van der Waals surface area contributed by atoms with E-state index in [-0.39, 0.29) is 0 Å². The summed E-state index contributed by atoms with van der Waals surface area (Å²) in [6, 6.07) is 6.23. The lowest BCUT2D eigenvalue weighted by atomic mass is 9.68. The van der Waals surface area contributed by atoms with Gasteiger partial charge in [-0.05, 0) is 50.1 Å². The normalized spacial score (nSPS) is 17.3. The first kappa shape index (κ1) is 14.5. The minimum Gasteiger partial charge on any atom is -0.481 e. The molecule has 104 valence electrons. The lowest BCUT2D eigenvalue weighted by Crippen LogP contribution is -2.46. The van der Waals surface area contributed by atoms with Crippen LogP contribution in [0.15, 0.2) is 22.7 Å². The minimum absolute atomic E-state index is 0.505. The number of nitrogens with zero attached hydrogens (tertiary/aromatic N) is 1. The van der Waals surface area contributed by atoms with Crippen LogP contribution in [0, 0.1) is 12.3 Å². The van der Waals surface area contributed by atoms with Gasteiger partial charge in [0.05, 0.1) is 5.41 Å². The van der Waals surface area contributed by atoms with Crippen molar-refractivity contribution in [2.75, 3.05) is 13.6 Å². The second-order valence-electron chi connectivity index (χ2n) is 5.68. The van der Waals surface area contributed by atoms with Crippen molar-refractivity contribution in [1.29, 1.82) is 0 Å². The van der Waals surface area contributed by atoms with Gasteiger partial charge in [-0.15, -0.1) is 0 Å². The average Bonchev–Trinajstić information content (AvgIpc) is 2.28. The number of aryl methyl sites for hydroxylation is 1. The molecular weight excluding hydrogens is 306 g/mol. The highest BCUT2D eigenvalue weighted by Gasteiger charge is 2.44. The van der Waals surface area contributed by atoms with Crippen LogP contribution in [0.4, 0.5) is 0 Å². The van der Waals surface area contributed by atoms with E-state index in [1.165, 1.54) is 11.1 Å². The van der Waals surface area contributed by atoms with E-state index in [0.717, 1.165) is 30.3 Å². The zero-order chi connectivity index (χ0) is 14.0. The monoisotopic (exact) mass is 325 g/mol. The van der Waals surface area contributed by atoms with Gasteiger partial charge in [-0.2, -0.15) is 0 Å². The van der Waals surface area contributed by atoms with E-state index >= 15 is 0 Å². The molecule has 1 saturated carbocycles. The predicted molar refractivity (Wildman–Crippen MR) is 79.1 cm³/mol. The third kappa shape index (κ3) is 3.18. The minimum atomic E-state index is -0.642. The molecule has 1 aliphatic carbocycles. The fraction of sp³-hybridized carbons (Fsp3) is 0.533. The number of benzene rings is 1. The van der Waals surface area contributed by atoms with Crippen molar-refractivity contribution in [3.8, 4) is 0 Å². The molecule has 0 spiro atoms. The number of carboxylic acids is 1. The van der Waals surface area contributed by atoms with Crippen molar-refractivity contribution in [2.24, 2.45) is 5.41 Å². The van der Waals surface area contributed by atoms with Crippen LogP contribution >= 0.6 is 15.9 Å². The Hall–Kier alpha value is -0.870.